The molecule has 0 unspecified atom stereocenters. The zero-order chi connectivity index (χ0) is 20.0. The van der Waals surface area contributed by atoms with E-state index in [1.165, 1.54) is 0 Å². The molecule has 3 aromatic rings. The molecule has 1 saturated carbocycles. The number of nitrogens with zero attached hydrogens (tertiary/aromatic N) is 5. The van der Waals surface area contributed by atoms with Gasteiger partial charge >= 0.3 is 0 Å². The SMILES string of the molecule is N#Cc1ccc(CC(=O)N2CCN(c3ncnc4[nH]cc(Cl)c34)CC23CC3)cc1. The van der Waals surface area contributed by atoms with Gasteiger partial charge in [-0.1, -0.05) is 23.7 Å². The number of H-pyrrole nitrogens is 1. The topological polar surface area (TPSA) is 88.9 Å². The van der Waals surface area contributed by atoms with Crippen molar-refractivity contribution in [2.24, 2.45) is 0 Å². The number of hydrogen-bond donors (Lipinski definition) is 1. The highest BCUT2D eigenvalue weighted by molar-refractivity contribution is 6.36. The number of benzene rings is 1. The van der Waals surface area contributed by atoms with Crippen LogP contribution < -0.4 is 4.90 Å². The molecule has 1 amide bonds. The number of piperazine rings is 1. The predicted octanol–water partition coefficient (Wildman–Crippen LogP) is 2.91. The molecule has 29 heavy (non-hydrogen) atoms. The lowest BCUT2D eigenvalue weighted by atomic mass is 10.1. The molecule has 7 nitrogen and oxygen atoms in total. The number of hydrogen-bond acceptors (Lipinski definition) is 5. The maximum absolute atomic E-state index is 13.0. The van der Waals surface area contributed by atoms with Crippen LogP contribution >= 0.6 is 11.6 Å². The second-order valence-corrected chi connectivity index (χ2v) is 8.14. The summed E-state index contributed by atoms with van der Waals surface area (Å²) in [6, 6.07) is 9.34. The van der Waals surface area contributed by atoms with Crippen LogP contribution in [0, 0.1) is 11.3 Å². The van der Waals surface area contributed by atoms with E-state index in [-0.39, 0.29) is 11.4 Å². The average Bonchev–Trinajstić information content (AvgIpc) is 3.40. The Bertz CT molecular complexity index is 1130. The largest absolute Gasteiger partial charge is 0.352 e. The second kappa shape index (κ2) is 6.75. The van der Waals surface area contributed by atoms with Crippen molar-refractivity contribution < 1.29 is 4.79 Å². The molecule has 2 fully saturated rings. The van der Waals surface area contributed by atoms with Crippen LogP contribution in [-0.4, -0.2) is 50.9 Å². The summed E-state index contributed by atoms with van der Waals surface area (Å²) in [6.45, 7) is 2.11. The van der Waals surface area contributed by atoms with Gasteiger partial charge in [0.05, 0.1) is 34.0 Å². The molecule has 146 valence electrons. The van der Waals surface area contributed by atoms with Gasteiger partial charge in [0, 0.05) is 25.8 Å². The van der Waals surface area contributed by atoms with Gasteiger partial charge in [0.15, 0.2) is 0 Å². The first-order valence-electron chi connectivity index (χ1n) is 9.62. The monoisotopic (exact) mass is 406 g/mol. The Hall–Kier alpha value is -3.11. The number of carbonyl (C=O) groups excluding carboxylic acids is 1. The minimum Gasteiger partial charge on any atom is -0.352 e. The third-order valence-corrected chi connectivity index (χ3v) is 6.22. The van der Waals surface area contributed by atoms with Crippen molar-refractivity contribution in [3.05, 3.63) is 52.9 Å². The lowest BCUT2D eigenvalue weighted by Crippen LogP contribution is -2.57. The van der Waals surface area contributed by atoms with Gasteiger partial charge in [-0.05, 0) is 30.5 Å². The molecule has 1 aliphatic carbocycles. The highest BCUT2D eigenvalue weighted by atomic mass is 35.5. The highest BCUT2D eigenvalue weighted by Crippen LogP contribution is 2.46. The van der Waals surface area contributed by atoms with Crippen LogP contribution in [0.25, 0.3) is 11.0 Å². The Morgan fingerprint density at radius 2 is 2.03 bits per heavy atom. The van der Waals surface area contributed by atoms with Gasteiger partial charge in [0.25, 0.3) is 0 Å². The number of aromatic nitrogens is 3. The molecule has 8 heteroatoms. The zero-order valence-electron chi connectivity index (χ0n) is 15.7. The van der Waals surface area contributed by atoms with E-state index in [0.717, 1.165) is 41.8 Å². The van der Waals surface area contributed by atoms with Gasteiger partial charge in [0.2, 0.25) is 5.91 Å². The number of amides is 1. The number of carbonyl (C=O) groups is 1. The number of halogens is 1. The van der Waals surface area contributed by atoms with Gasteiger partial charge in [-0.15, -0.1) is 0 Å². The molecule has 5 rings (SSSR count). The lowest BCUT2D eigenvalue weighted by molar-refractivity contribution is -0.134. The van der Waals surface area contributed by atoms with Crippen molar-refractivity contribution in [1.29, 1.82) is 5.26 Å². The minimum atomic E-state index is -0.123. The van der Waals surface area contributed by atoms with Gasteiger partial charge in [-0.3, -0.25) is 4.79 Å². The molecular weight excluding hydrogens is 388 g/mol. The van der Waals surface area contributed by atoms with Gasteiger partial charge in [-0.2, -0.15) is 5.26 Å². The summed E-state index contributed by atoms with van der Waals surface area (Å²) in [6.07, 6.45) is 5.63. The molecule has 2 aromatic heterocycles. The van der Waals surface area contributed by atoms with Crippen molar-refractivity contribution in [2.75, 3.05) is 24.5 Å². The summed E-state index contributed by atoms with van der Waals surface area (Å²) >= 11 is 6.35. The van der Waals surface area contributed by atoms with E-state index in [9.17, 15) is 4.79 Å². The smallest absolute Gasteiger partial charge is 0.227 e. The first-order chi connectivity index (χ1) is 14.1. The molecule has 0 atom stereocenters. The van der Waals surface area contributed by atoms with E-state index in [1.807, 2.05) is 17.0 Å². The Balaban J connectivity index is 1.35. The Kier molecular flexibility index (Phi) is 4.18. The molecule has 1 spiro atoms. The molecule has 1 aromatic carbocycles. The normalized spacial score (nSPS) is 17.5. The number of anilines is 1. The lowest BCUT2D eigenvalue weighted by Gasteiger charge is -2.43. The molecule has 1 N–H and O–H groups in total. The van der Waals surface area contributed by atoms with E-state index in [2.05, 4.69) is 25.9 Å². The summed E-state index contributed by atoms with van der Waals surface area (Å²) < 4.78 is 0. The third-order valence-electron chi connectivity index (χ3n) is 5.92. The summed E-state index contributed by atoms with van der Waals surface area (Å²) in [5, 5.41) is 10.4. The quantitative estimate of drug-likeness (QED) is 0.722. The van der Waals surface area contributed by atoms with Crippen molar-refractivity contribution in [2.45, 2.75) is 24.8 Å². The standard InChI is InChI=1S/C21H19ClN6O/c22-16-11-24-19-18(16)20(26-13-25-19)27-7-8-28(21(12-27)5-6-21)17(29)9-14-1-3-15(10-23)4-2-14/h1-4,11,13H,5-9,12H2,(H,24,25,26). The first kappa shape index (κ1) is 18.0. The first-order valence-corrected chi connectivity index (χ1v) is 9.99. The predicted molar refractivity (Wildman–Crippen MR) is 110 cm³/mol. The van der Waals surface area contributed by atoms with Crippen molar-refractivity contribution in [3.63, 3.8) is 0 Å². The van der Waals surface area contributed by atoms with E-state index < -0.39 is 0 Å². The fourth-order valence-electron chi connectivity index (χ4n) is 4.24. The minimum absolute atomic E-state index is 0.123. The number of nitriles is 1. The fraction of sp³-hybridized carbons (Fsp3) is 0.333. The van der Waals surface area contributed by atoms with Crippen molar-refractivity contribution >= 4 is 34.4 Å². The van der Waals surface area contributed by atoms with Crippen LogP contribution in [-0.2, 0) is 11.2 Å². The molecule has 3 heterocycles. The van der Waals surface area contributed by atoms with E-state index in [0.29, 0.717) is 30.1 Å². The number of fused-ring (bicyclic) bond motifs is 1. The molecule has 0 bridgehead atoms. The second-order valence-electron chi connectivity index (χ2n) is 7.73. The van der Waals surface area contributed by atoms with E-state index in [1.54, 1.807) is 24.7 Å². The fourth-order valence-corrected chi connectivity index (χ4v) is 4.46. The Morgan fingerprint density at radius 1 is 1.24 bits per heavy atom. The van der Waals surface area contributed by atoms with Crippen LogP contribution in [0.4, 0.5) is 5.82 Å². The van der Waals surface area contributed by atoms with Gasteiger partial charge < -0.3 is 14.8 Å². The molecule has 1 saturated heterocycles. The van der Waals surface area contributed by atoms with Crippen molar-refractivity contribution in [3.8, 4) is 6.07 Å². The molecule has 1 aliphatic heterocycles. The summed E-state index contributed by atoms with van der Waals surface area (Å²) in [7, 11) is 0. The van der Waals surface area contributed by atoms with Crippen LogP contribution in [0.15, 0.2) is 36.8 Å². The van der Waals surface area contributed by atoms with Crippen LogP contribution in [0.1, 0.15) is 24.0 Å². The molecule has 2 aliphatic rings. The van der Waals surface area contributed by atoms with Gasteiger partial charge in [-0.25, -0.2) is 9.97 Å². The van der Waals surface area contributed by atoms with Crippen LogP contribution in [0.3, 0.4) is 0 Å². The highest BCUT2D eigenvalue weighted by Gasteiger charge is 2.53. The summed E-state index contributed by atoms with van der Waals surface area (Å²) in [4.78, 5) is 29.1. The zero-order valence-corrected chi connectivity index (χ0v) is 16.5. The van der Waals surface area contributed by atoms with E-state index in [4.69, 9.17) is 16.9 Å². The maximum atomic E-state index is 13.0. The van der Waals surface area contributed by atoms with Crippen LogP contribution in [0.5, 0.6) is 0 Å². The van der Waals surface area contributed by atoms with E-state index >= 15 is 0 Å². The molecular formula is C21H19ClN6O. The number of aromatic amines is 1. The Morgan fingerprint density at radius 3 is 2.76 bits per heavy atom. The van der Waals surface area contributed by atoms with Gasteiger partial charge in [0.1, 0.15) is 17.8 Å². The maximum Gasteiger partial charge on any atom is 0.227 e. The van der Waals surface area contributed by atoms with Crippen molar-refractivity contribution in [1.82, 2.24) is 19.9 Å². The Labute approximate surface area is 172 Å². The third kappa shape index (κ3) is 3.10. The number of nitrogens with one attached hydrogen (secondary N) is 1. The summed E-state index contributed by atoms with van der Waals surface area (Å²) in [5.41, 5.74) is 2.14. The summed E-state index contributed by atoms with van der Waals surface area (Å²) in [5.74, 6) is 0.964. The molecule has 0 radical (unpaired) electrons. The number of rotatable bonds is 3. The van der Waals surface area contributed by atoms with Crippen LogP contribution in [0.2, 0.25) is 5.02 Å². The average molecular weight is 407 g/mol.